The van der Waals surface area contributed by atoms with Gasteiger partial charge in [-0.15, -0.1) is 0 Å². The summed E-state index contributed by atoms with van der Waals surface area (Å²) in [6, 6.07) is 4.25. The van der Waals surface area contributed by atoms with Gasteiger partial charge in [0.15, 0.2) is 9.84 Å². The summed E-state index contributed by atoms with van der Waals surface area (Å²) in [5.74, 6) is -0.534. The molecule has 0 bridgehead atoms. The lowest BCUT2D eigenvalue weighted by molar-refractivity contribution is -0.128. The van der Waals surface area contributed by atoms with Gasteiger partial charge in [-0.2, -0.15) is 0 Å². The van der Waals surface area contributed by atoms with E-state index in [-0.39, 0.29) is 28.7 Å². The first-order valence-electron chi connectivity index (χ1n) is 5.22. The number of hydrogen-bond donors (Lipinski definition) is 1. The quantitative estimate of drug-likeness (QED) is 0.844. The number of halogens is 1. The lowest BCUT2D eigenvalue weighted by Crippen LogP contribution is -2.24. The van der Waals surface area contributed by atoms with E-state index in [0.29, 0.717) is 5.02 Å². The van der Waals surface area contributed by atoms with Crippen LogP contribution in [0.1, 0.15) is 6.42 Å². The number of anilines is 1. The van der Waals surface area contributed by atoms with Gasteiger partial charge < -0.3 is 10.6 Å². The lowest BCUT2D eigenvalue weighted by atomic mass is 10.3. The van der Waals surface area contributed by atoms with Crippen LogP contribution in [0.15, 0.2) is 23.1 Å². The summed E-state index contributed by atoms with van der Waals surface area (Å²) in [4.78, 5) is 12.7. The standard InChI is InChI=1S/C11H15ClN2O3S/c1-14(2)11(15)5-6-18(16,17)10-7-8(12)3-4-9(10)13/h3-4,7H,5-6,13H2,1-2H3. The van der Waals surface area contributed by atoms with Crippen LogP contribution in [0, 0.1) is 0 Å². The Hall–Kier alpha value is -1.27. The first-order chi connectivity index (χ1) is 8.24. The van der Waals surface area contributed by atoms with Crippen molar-refractivity contribution in [3.05, 3.63) is 23.2 Å². The summed E-state index contributed by atoms with van der Waals surface area (Å²) >= 11 is 5.74. The molecule has 0 saturated heterocycles. The fourth-order valence-corrected chi connectivity index (χ4v) is 2.97. The number of hydrogen-bond acceptors (Lipinski definition) is 4. The van der Waals surface area contributed by atoms with E-state index in [2.05, 4.69) is 0 Å². The number of nitrogen functional groups attached to an aromatic ring is 1. The van der Waals surface area contributed by atoms with Crippen molar-refractivity contribution in [2.24, 2.45) is 0 Å². The van der Waals surface area contributed by atoms with E-state index in [1.165, 1.54) is 23.1 Å². The Morgan fingerprint density at radius 2 is 2.00 bits per heavy atom. The zero-order chi connectivity index (χ0) is 13.9. The molecule has 0 spiro atoms. The zero-order valence-corrected chi connectivity index (χ0v) is 11.8. The van der Waals surface area contributed by atoms with E-state index in [9.17, 15) is 13.2 Å². The smallest absolute Gasteiger partial charge is 0.223 e. The maximum Gasteiger partial charge on any atom is 0.223 e. The second kappa shape index (κ2) is 5.58. The van der Waals surface area contributed by atoms with E-state index in [0.717, 1.165) is 0 Å². The topological polar surface area (TPSA) is 80.5 Å². The molecule has 0 aromatic heterocycles. The predicted molar refractivity (Wildman–Crippen MR) is 71.2 cm³/mol. The second-order valence-electron chi connectivity index (χ2n) is 4.04. The Morgan fingerprint density at radius 1 is 1.39 bits per heavy atom. The van der Waals surface area contributed by atoms with E-state index in [1.54, 1.807) is 14.1 Å². The number of carbonyl (C=O) groups is 1. The van der Waals surface area contributed by atoms with Crippen molar-refractivity contribution in [2.45, 2.75) is 11.3 Å². The highest BCUT2D eigenvalue weighted by Gasteiger charge is 2.20. The van der Waals surface area contributed by atoms with Gasteiger partial charge >= 0.3 is 0 Å². The third-order valence-electron chi connectivity index (χ3n) is 2.39. The second-order valence-corrected chi connectivity index (χ2v) is 6.55. The van der Waals surface area contributed by atoms with Gasteiger partial charge in [-0.05, 0) is 18.2 Å². The van der Waals surface area contributed by atoms with Crippen LogP contribution in [0.25, 0.3) is 0 Å². The number of nitrogens with two attached hydrogens (primary N) is 1. The van der Waals surface area contributed by atoms with Gasteiger partial charge in [0, 0.05) is 25.5 Å². The van der Waals surface area contributed by atoms with Gasteiger partial charge in [0.25, 0.3) is 0 Å². The molecule has 0 fully saturated rings. The molecule has 0 radical (unpaired) electrons. The maximum absolute atomic E-state index is 12.0. The number of amides is 1. The highest BCUT2D eigenvalue weighted by Crippen LogP contribution is 2.24. The van der Waals surface area contributed by atoms with Crippen LogP contribution in [-0.2, 0) is 14.6 Å². The molecular weight excluding hydrogens is 276 g/mol. The molecule has 0 aliphatic carbocycles. The molecule has 1 rings (SSSR count). The van der Waals surface area contributed by atoms with E-state index in [4.69, 9.17) is 17.3 Å². The average molecular weight is 291 g/mol. The van der Waals surface area contributed by atoms with Gasteiger partial charge in [-0.3, -0.25) is 4.79 Å². The fourth-order valence-electron chi connectivity index (χ4n) is 1.33. The van der Waals surface area contributed by atoms with Gasteiger partial charge in [0.1, 0.15) is 0 Å². The number of carbonyl (C=O) groups excluding carboxylic acids is 1. The van der Waals surface area contributed by atoms with Crippen LogP contribution in [-0.4, -0.2) is 39.1 Å². The maximum atomic E-state index is 12.0. The Labute approximate surface area is 111 Å². The summed E-state index contributed by atoms with van der Waals surface area (Å²) < 4.78 is 24.0. The molecule has 18 heavy (non-hydrogen) atoms. The Morgan fingerprint density at radius 3 is 2.56 bits per heavy atom. The molecule has 1 aromatic rings. The first kappa shape index (κ1) is 14.8. The minimum absolute atomic E-state index is 0.0263. The van der Waals surface area contributed by atoms with Crippen molar-refractivity contribution in [2.75, 3.05) is 25.6 Å². The van der Waals surface area contributed by atoms with Gasteiger partial charge in [-0.1, -0.05) is 11.6 Å². The number of benzene rings is 1. The molecule has 7 heteroatoms. The molecule has 0 aliphatic rings. The minimum atomic E-state index is -3.60. The number of nitrogens with zero attached hydrogens (tertiary/aromatic N) is 1. The summed E-state index contributed by atoms with van der Waals surface area (Å²) in [5.41, 5.74) is 5.74. The van der Waals surface area contributed by atoms with E-state index >= 15 is 0 Å². The van der Waals surface area contributed by atoms with Crippen molar-refractivity contribution >= 4 is 33.0 Å². The number of rotatable bonds is 4. The highest BCUT2D eigenvalue weighted by atomic mass is 35.5. The largest absolute Gasteiger partial charge is 0.398 e. The van der Waals surface area contributed by atoms with Crippen LogP contribution >= 0.6 is 11.6 Å². The number of sulfone groups is 1. The Balaban J connectivity index is 2.93. The van der Waals surface area contributed by atoms with Crippen molar-refractivity contribution in [1.29, 1.82) is 0 Å². The first-order valence-corrected chi connectivity index (χ1v) is 7.25. The summed E-state index contributed by atoms with van der Waals surface area (Å²) in [6.45, 7) is 0. The molecule has 0 heterocycles. The van der Waals surface area contributed by atoms with E-state index in [1.807, 2.05) is 0 Å². The van der Waals surface area contributed by atoms with Gasteiger partial charge in [0.05, 0.1) is 16.3 Å². The van der Waals surface area contributed by atoms with Crippen LogP contribution in [0.5, 0.6) is 0 Å². The molecule has 0 saturated carbocycles. The molecule has 0 unspecified atom stereocenters. The highest BCUT2D eigenvalue weighted by molar-refractivity contribution is 7.91. The van der Waals surface area contributed by atoms with Crippen LogP contribution < -0.4 is 5.73 Å². The van der Waals surface area contributed by atoms with Crippen LogP contribution in [0.3, 0.4) is 0 Å². The minimum Gasteiger partial charge on any atom is -0.398 e. The zero-order valence-electron chi connectivity index (χ0n) is 10.2. The molecule has 100 valence electrons. The fraction of sp³-hybridized carbons (Fsp3) is 0.364. The third-order valence-corrected chi connectivity index (χ3v) is 4.39. The van der Waals surface area contributed by atoms with Gasteiger partial charge in [-0.25, -0.2) is 8.42 Å². The van der Waals surface area contributed by atoms with Gasteiger partial charge in [0.2, 0.25) is 5.91 Å². The molecule has 1 aromatic carbocycles. The average Bonchev–Trinajstić information content (AvgIpc) is 2.29. The van der Waals surface area contributed by atoms with Crippen molar-refractivity contribution in [1.82, 2.24) is 4.90 Å². The van der Waals surface area contributed by atoms with Crippen molar-refractivity contribution in [3.8, 4) is 0 Å². The third kappa shape index (κ3) is 3.61. The molecule has 2 N–H and O–H groups in total. The normalized spacial score (nSPS) is 11.3. The molecule has 1 amide bonds. The molecule has 5 nitrogen and oxygen atoms in total. The Bertz CT molecular complexity index is 555. The summed E-state index contributed by atoms with van der Waals surface area (Å²) in [6.07, 6.45) is -0.0821. The monoisotopic (exact) mass is 290 g/mol. The predicted octanol–water partition coefficient (Wildman–Crippen LogP) is 1.17. The van der Waals surface area contributed by atoms with Crippen LogP contribution in [0.2, 0.25) is 5.02 Å². The van der Waals surface area contributed by atoms with Crippen molar-refractivity contribution < 1.29 is 13.2 Å². The van der Waals surface area contributed by atoms with Crippen molar-refractivity contribution in [3.63, 3.8) is 0 Å². The Kier molecular flexibility index (Phi) is 4.59. The molecule has 0 atom stereocenters. The molecule has 0 aliphatic heterocycles. The summed E-state index contributed by atoms with van der Waals surface area (Å²) in [7, 11) is -0.455. The van der Waals surface area contributed by atoms with Crippen LogP contribution in [0.4, 0.5) is 5.69 Å². The SMILES string of the molecule is CN(C)C(=O)CCS(=O)(=O)c1cc(Cl)ccc1N. The molecular formula is C11H15ClN2O3S. The lowest BCUT2D eigenvalue weighted by Gasteiger charge is -2.11. The van der Waals surface area contributed by atoms with E-state index < -0.39 is 9.84 Å². The summed E-state index contributed by atoms with van der Waals surface area (Å²) in [5, 5.41) is 0.293.